The SMILES string of the molecule is COCCOCCNC(C)CNC1CC1. The van der Waals surface area contributed by atoms with Gasteiger partial charge in [0, 0.05) is 32.3 Å². The Morgan fingerprint density at radius 1 is 1.27 bits per heavy atom. The van der Waals surface area contributed by atoms with Crippen LogP contribution in [-0.4, -0.2) is 52.1 Å². The topological polar surface area (TPSA) is 42.5 Å². The van der Waals surface area contributed by atoms with E-state index >= 15 is 0 Å². The average molecular weight is 216 g/mol. The van der Waals surface area contributed by atoms with E-state index in [1.165, 1.54) is 12.8 Å². The lowest BCUT2D eigenvalue weighted by Gasteiger charge is -2.14. The van der Waals surface area contributed by atoms with Gasteiger partial charge in [0.1, 0.15) is 0 Å². The summed E-state index contributed by atoms with van der Waals surface area (Å²) in [5, 5.41) is 6.91. The van der Waals surface area contributed by atoms with Crippen LogP contribution in [0.2, 0.25) is 0 Å². The highest BCUT2D eigenvalue weighted by atomic mass is 16.5. The van der Waals surface area contributed by atoms with Gasteiger partial charge in [0.25, 0.3) is 0 Å². The van der Waals surface area contributed by atoms with Gasteiger partial charge in [-0.05, 0) is 19.8 Å². The van der Waals surface area contributed by atoms with Crippen molar-refractivity contribution in [3.8, 4) is 0 Å². The first kappa shape index (κ1) is 12.9. The van der Waals surface area contributed by atoms with E-state index in [1.807, 2.05) is 0 Å². The number of hydrogen-bond donors (Lipinski definition) is 2. The molecule has 0 amide bonds. The van der Waals surface area contributed by atoms with E-state index in [0.29, 0.717) is 19.3 Å². The molecule has 0 aromatic carbocycles. The third-order valence-electron chi connectivity index (χ3n) is 2.46. The van der Waals surface area contributed by atoms with Crippen molar-refractivity contribution in [1.29, 1.82) is 0 Å². The lowest BCUT2D eigenvalue weighted by molar-refractivity contribution is 0.0712. The van der Waals surface area contributed by atoms with Crippen LogP contribution in [0, 0.1) is 0 Å². The Bertz CT molecular complexity index is 152. The molecule has 1 fully saturated rings. The van der Waals surface area contributed by atoms with Gasteiger partial charge in [0.05, 0.1) is 19.8 Å². The first-order valence-corrected chi connectivity index (χ1v) is 5.86. The van der Waals surface area contributed by atoms with Crippen LogP contribution >= 0.6 is 0 Å². The van der Waals surface area contributed by atoms with Crippen LogP contribution < -0.4 is 10.6 Å². The molecule has 4 heteroatoms. The molecule has 0 radical (unpaired) electrons. The number of nitrogens with one attached hydrogen (secondary N) is 2. The molecule has 90 valence electrons. The van der Waals surface area contributed by atoms with E-state index in [0.717, 1.165) is 25.7 Å². The Balaban J connectivity index is 1.77. The maximum atomic E-state index is 5.35. The summed E-state index contributed by atoms with van der Waals surface area (Å²) in [5.74, 6) is 0. The monoisotopic (exact) mass is 216 g/mol. The van der Waals surface area contributed by atoms with Crippen LogP contribution in [0.4, 0.5) is 0 Å². The molecule has 0 aromatic heterocycles. The molecule has 15 heavy (non-hydrogen) atoms. The van der Waals surface area contributed by atoms with Gasteiger partial charge in [-0.1, -0.05) is 0 Å². The van der Waals surface area contributed by atoms with Gasteiger partial charge in [-0.25, -0.2) is 0 Å². The van der Waals surface area contributed by atoms with Crippen molar-refractivity contribution in [2.75, 3.05) is 40.0 Å². The van der Waals surface area contributed by atoms with Crippen molar-refractivity contribution in [3.05, 3.63) is 0 Å². The van der Waals surface area contributed by atoms with Crippen molar-refractivity contribution < 1.29 is 9.47 Å². The van der Waals surface area contributed by atoms with Gasteiger partial charge >= 0.3 is 0 Å². The minimum absolute atomic E-state index is 0.525. The summed E-state index contributed by atoms with van der Waals surface area (Å²) < 4.78 is 10.2. The molecule has 1 unspecified atom stereocenters. The highest BCUT2D eigenvalue weighted by molar-refractivity contribution is 4.82. The number of hydrogen-bond acceptors (Lipinski definition) is 4. The quantitative estimate of drug-likeness (QED) is 0.518. The molecule has 0 saturated heterocycles. The third kappa shape index (κ3) is 7.73. The molecule has 1 aliphatic carbocycles. The molecule has 4 nitrogen and oxygen atoms in total. The van der Waals surface area contributed by atoms with Crippen LogP contribution in [0.1, 0.15) is 19.8 Å². The average Bonchev–Trinajstić information content (AvgIpc) is 3.04. The molecular weight excluding hydrogens is 192 g/mol. The maximum Gasteiger partial charge on any atom is 0.0700 e. The normalized spacial score (nSPS) is 18.0. The Kier molecular flexibility index (Phi) is 6.92. The second kappa shape index (κ2) is 8.05. The smallest absolute Gasteiger partial charge is 0.0700 e. The van der Waals surface area contributed by atoms with Crippen molar-refractivity contribution in [2.45, 2.75) is 31.8 Å². The van der Waals surface area contributed by atoms with Gasteiger partial charge in [-0.2, -0.15) is 0 Å². The number of ether oxygens (including phenoxy) is 2. The van der Waals surface area contributed by atoms with Crippen LogP contribution in [0.3, 0.4) is 0 Å². The zero-order valence-electron chi connectivity index (χ0n) is 9.92. The summed E-state index contributed by atoms with van der Waals surface area (Å²) in [6.45, 7) is 6.30. The van der Waals surface area contributed by atoms with Crippen LogP contribution in [-0.2, 0) is 9.47 Å². The first-order valence-electron chi connectivity index (χ1n) is 5.86. The summed E-state index contributed by atoms with van der Waals surface area (Å²) in [7, 11) is 1.69. The highest BCUT2D eigenvalue weighted by Gasteiger charge is 2.20. The summed E-state index contributed by atoms with van der Waals surface area (Å²) in [4.78, 5) is 0. The molecule has 1 aliphatic rings. The zero-order chi connectivity index (χ0) is 10.9. The molecule has 2 N–H and O–H groups in total. The summed E-state index contributed by atoms with van der Waals surface area (Å²) in [5.41, 5.74) is 0. The fraction of sp³-hybridized carbons (Fsp3) is 1.00. The van der Waals surface area contributed by atoms with E-state index in [-0.39, 0.29) is 0 Å². The second-order valence-corrected chi connectivity index (χ2v) is 4.14. The Morgan fingerprint density at radius 3 is 2.73 bits per heavy atom. The van der Waals surface area contributed by atoms with E-state index in [1.54, 1.807) is 7.11 Å². The van der Waals surface area contributed by atoms with Crippen molar-refractivity contribution >= 4 is 0 Å². The standard InChI is InChI=1S/C11H24N2O2/c1-10(9-13-11-3-4-11)12-5-6-15-8-7-14-2/h10-13H,3-9H2,1-2H3. The number of rotatable bonds is 10. The molecule has 0 bridgehead atoms. The molecule has 0 spiro atoms. The molecule has 0 aliphatic heterocycles. The van der Waals surface area contributed by atoms with E-state index in [2.05, 4.69) is 17.6 Å². The summed E-state index contributed by atoms with van der Waals surface area (Å²) >= 11 is 0. The lowest BCUT2D eigenvalue weighted by atomic mass is 10.3. The van der Waals surface area contributed by atoms with Gasteiger partial charge < -0.3 is 20.1 Å². The third-order valence-corrected chi connectivity index (χ3v) is 2.46. The minimum atomic E-state index is 0.525. The first-order chi connectivity index (χ1) is 7.33. The summed E-state index contributed by atoms with van der Waals surface area (Å²) in [6, 6.07) is 1.32. The van der Waals surface area contributed by atoms with Crippen molar-refractivity contribution in [1.82, 2.24) is 10.6 Å². The minimum Gasteiger partial charge on any atom is -0.382 e. The zero-order valence-corrected chi connectivity index (χ0v) is 9.92. The van der Waals surface area contributed by atoms with E-state index in [9.17, 15) is 0 Å². The van der Waals surface area contributed by atoms with Gasteiger partial charge in [0.2, 0.25) is 0 Å². The van der Waals surface area contributed by atoms with Crippen LogP contribution in [0.25, 0.3) is 0 Å². The van der Waals surface area contributed by atoms with Crippen molar-refractivity contribution in [2.24, 2.45) is 0 Å². The molecular formula is C11H24N2O2. The van der Waals surface area contributed by atoms with Gasteiger partial charge in [-0.15, -0.1) is 0 Å². The largest absolute Gasteiger partial charge is 0.382 e. The van der Waals surface area contributed by atoms with Crippen LogP contribution in [0.15, 0.2) is 0 Å². The maximum absolute atomic E-state index is 5.35. The van der Waals surface area contributed by atoms with Gasteiger partial charge in [0.15, 0.2) is 0 Å². The predicted octanol–water partition coefficient (Wildman–Crippen LogP) is 0.380. The van der Waals surface area contributed by atoms with Crippen molar-refractivity contribution in [3.63, 3.8) is 0 Å². The fourth-order valence-electron chi connectivity index (χ4n) is 1.32. The number of methoxy groups -OCH3 is 1. The van der Waals surface area contributed by atoms with E-state index < -0.39 is 0 Å². The molecule has 0 aromatic rings. The Morgan fingerprint density at radius 2 is 2.07 bits per heavy atom. The molecule has 1 atom stereocenters. The lowest BCUT2D eigenvalue weighted by Crippen LogP contribution is -2.38. The van der Waals surface area contributed by atoms with Gasteiger partial charge in [-0.3, -0.25) is 0 Å². The second-order valence-electron chi connectivity index (χ2n) is 4.14. The molecule has 1 saturated carbocycles. The Labute approximate surface area is 92.7 Å². The summed E-state index contributed by atoms with van der Waals surface area (Å²) in [6.07, 6.45) is 2.71. The fourth-order valence-corrected chi connectivity index (χ4v) is 1.32. The van der Waals surface area contributed by atoms with E-state index in [4.69, 9.17) is 9.47 Å². The Hall–Kier alpha value is -0.160. The highest BCUT2D eigenvalue weighted by Crippen LogP contribution is 2.18. The predicted molar refractivity (Wildman–Crippen MR) is 61.2 cm³/mol. The van der Waals surface area contributed by atoms with Crippen LogP contribution in [0.5, 0.6) is 0 Å². The molecule has 0 heterocycles. The molecule has 1 rings (SSSR count).